The van der Waals surface area contributed by atoms with E-state index in [1.807, 2.05) is 0 Å². The minimum absolute atomic E-state index is 0.375. The highest BCUT2D eigenvalue weighted by molar-refractivity contribution is 5.74. The molecular weight excluding hydrogens is 180 g/mol. The van der Waals surface area contributed by atoms with Crippen LogP contribution in [0.5, 0.6) is 0 Å². The molecule has 0 aliphatic carbocycles. The molecule has 0 aromatic carbocycles. The van der Waals surface area contributed by atoms with Gasteiger partial charge in [-0.2, -0.15) is 0 Å². The summed E-state index contributed by atoms with van der Waals surface area (Å²) in [4.78, 5) is 13.1. The fourth-order valence-electron chi connectivity index (χ4n) is 1.78. The Bertz CT molecular complexity index is 210. The second-order valence-corrected chi connectivity index (χ2v) is 4.57. The highest BCUT2D eigenvalue weighted by Gasteiger charge is 2.38. The Morgan fingerprint density at radius 3 is 2.29 bits per heavy atom. The van der Waals surface area contributed by atoms with Crippen molar-refractivity contribution in [1.29, 1.82) is 0 Å². The monoisotopic (exact) mass is 200 g/mol. The normalized spacial score (nSPS) is 21.9. The van der Waals surface area contributed by atoms with E-state index in [0.717, 1.165) is 25.9 Å². The van der Waals surface area contributed by atoms with E-state index < -0.39 is 11.4 Å². The molecule has 3 N–H and O–H groups in total. The number of carboxylic acid groups (broad SMARTS) is 1. The van der Waals surface area contributed by atoms with E-state index in [1.165, 1.54) is 6.42 Å². The Hall–Kier alpha value is -0.610. The number of nitrogens with zero attached hydrogens (tertiary/aromatic N) is 1. The Kier molecular flexibility index (Phi) is 3.50. The molecule has 1 atom stereocenters. The summed E-state index contributed by atoms with van der Waals surface area (Å²) in [6.45, 7) is 5.24. The van der Waals surface area contributed by atoms with Crippen LogP contribution in [0.3, 0.4) is 0 Å². The third kappa shape index (κ3) is 2.25. The van der Waals surface area contributed by atoms with Crippen molar-refractivity contribution in [2.24, 2.45) is 11.1 Å². The fourth-order valence-corrected chi connectivity index (χ4v) is 1.78. The number of rotatable bonds is 3. The number of likely N-dealkylation sites (tertiary alicyclic amines) is 1. The van der Waals surface area contributed by atoms with Crippen molar-refractivity contribution >= 4 is 5.97 Å². The van der Waals surface area contributed by atoms with Crippen molar-refractivity contribution in [2.45, 2.75) is 39.3 Å². The van der Waals surface area contributed by atoms with E-state index in [1.54, 1.807) is 13.8 Å². The lowest BCUT2D eigenvalue weighted by Gasteiger charge is -2.38. The van der Waals surface area contributed by atoms with Crippen LogP contribution < -0.4 is 5.73 Å². The second-order valence-electron chi connectivity index (χ2n) is 4.57. The molecule has 1 rings (SSSR count). The van der Waals surface area contributed by atoms with Crippen LogP contribution in [-0.2, 0) is 4.79 Å². The Balaban J connectivity index is 2.62. The van der Waals surface area contributed by atoms with E-state index in [-0.39, 0.29) is 6.17 Å². The SMILES string of the molecule is CC(C)(C(=O)O)C(N)N1CCCCC1. The van der Waals surface area contributed by atoms with Gasteiger partial charge >= 0.3 is 5.97 Å². The maximum Gasteiger partial charge on any atom is 0.312 e. The zero-order valence-electron chi connectivity index (χ0n) is 8.99. The minimum atomic E-state index is -0.864. The molecule has 0 aromatic heterocycles. The molecule has 1 saturated heterocycles. The molecule has 1 aliphatic heterocycles. The maximum atomic E-state index is 11.0. The Morgan fingerprint density at radius 2 is 1.86 bits per heavy atom. The van der Waals surface area contributed by atoms with Crippen LogP contribution in [-0.4, -0.2) is 35.2 Å². The van der Waals surface area contributed by atoms with E-state index in [9.17, 15) is 4.79 Å². The van der Waals surface area contributed by atoms with Crippen molar-refractivity contribution in [3.63, 3.8) is 0 Å². The molecule has 0 saturated carbocycles. The number of hydrogen-bond acceptors (Lipinski definition) is 3. The molecule has 4 nitrogen and oxygen atoms in total. The van der Waals surface area contributed by atoms with Crippen molar-refractivity contribution in [3.05, 3.63) is 0 Å². The molecule has 4 heteroatoms. The molecule has 0 spiro atoms. The van der Waals surface area contributed by atoms with Crippen molar-refractivity contribution in [1.82, 2.24) is 4.90 Å². The average molecular weight is 200 g/mol. The van der Waals surface area contributed by atoms with Gasteiger partial charge in [0.15, 0.2) is 0 Å². The highest BCUT2D eigenvalue weighted by Crippen LogP contribution is 2.24. The van der Waals surface area contributed by atoms with Crippen molar-refractivity contribution in [3.8, 4) is 0 Å². The summed E-state index contributed by atoms with van der Waals surface area (Å²) in [6, 6.07) is 0. The number of hydrogen-bond donors (Lipinski definition) is 2. The third-order valence-electron chi connectivity index (χ3n) is 3.07. The van der Waals surface area contributed by atoms with Gasteiger partial charge in [-0.15, -0.1) is 0 Å². The van der Waals surface area contributed by atoms with Gasteiger partial charge < -0.3 is 10.8 Å². The number of piperidine rings is 1. The summed E-state index contributed by atoms with van der Waals surface area (Å²) in [5, 5.41) is 9.04. The van der Waals surface area contributed by atoms with Gasteiger partial charge in [0.25, 0.3) is 0 Å². The van der Waals surface area contributed by atoms with Gasteiger partial charge in [0.05, 0.1) is 11.6 Å². The molecule has 0 bridgehead atoms. The van der Waals surface area contributed by atoms with Gasteiger partial charge in [0.1, 0.15) is 0 Å². The average Bonchev–Trinajstić information content (AvgIpc) is 2.17. The molecule has 0 amide bonds. The van der Waals surface area contributed by atoms with Crippen LogP contribution in [0.4, 0.5) is 0 Å². The molecule has 1 aliphatic rings. The zero-order valence-corrected chi connectivity index (χ0v) is 8.99. The van der Waals surface area contributed by atoms with Crippen LogP contribution in [0.1, 0.15) is 33.1 Å². The Morgan fingerprint density at radius 1 is 1.36 bits per heavy atom. The lowest BCUT2D eigenvalue weighted by molar-refractivity contribution is -0.151. The summed E-state index contributed by atoms with van der Waals surface area (Å²) in [5.41, 5.74) is 5.11. The van der Waals surface area contributed by atoms with Gasteiger partial charge in [-0.05, 0) is 39.8 Å². The second kappa shape index (κ2) is 4.28. The molecule has 0 aromatic rings. The summed E-state index contributed by atoms with van der Waals surface area (Å²) >= 11 is 0. The molecule has 14 heavy (non-hydrogen) atoms. The smallest absolute Gasteiger partial charge is 0.312 e. The first-order valence-corrected chi connectivity index (χ1v) is 5.19. The first kappa shape index (κ1) is 11.5. The number of carboxylic acids is 1. The molecule has 0 radical (unpaired) electrons. The lowest BCUT2D eigenvalue weighted by Crippen LogP contribution is -2.55. The van der Waals surface area contributed by atoms with E-state index in [4.69, 9.17) is 10.8 Å². The third-order valence-corrected chi connectivity index (χ3v) is 3.07. The minimum Gasteiger partial charge on any atom is -0.481 e. The van der Waals surface area contributed by atoms with E-state index in [2.05, 4.69) is 4.90 Å². The van der Waals surface area contributed by atoms with Gasteiger partial charge in [-0.25, -0.2) is 0 Å². The maximum absolute atomic E-state index is 11.0. The lowest BCUT2D eigenvalue weighted by atomic mass is 9.88. The van der Waals surface area contributed by atoms with Crippen LogP contribution in [0, 0.1) is 5.41 Å². The largest absolute Gasteiger partial charge is 0.481 e. The zero-order chi connectivity index (χ0) is 10.8. The molecule has 1 heterocycles. The van der Waals surface area contributed by atoms with Crippen LogP contribution in [0.2, 0.25) is 0 Å². The van der Waals surface area contributed by atoms with Crippen LogP contribution in [0.15, 0.2) is 0 Å². The molecule has 1 unspecified atom stereocenters. The highest BCUT2D eigenvalue weighted by atomic mass is 16.4. The van der Waals surface area contributed by atoms with Crippen LogP contribution >= 0.6 is 0 Å². The quantitative estimate of drug-likeness (QED) is 0.709. The first-order chi connectivity index (χ1) is 6.46. The van der Waals surface area contributed by atoms with Gasteiger partial charge in [-0.1, -0.05) is 6.42 Å². The fraction of sp³-hybridized carbons (Fsp3) is 0.900. The standard InChI is InChI=1S/C10H20N2O2/c1-10(2,9(13)14)8(11)12-6-4-3-5-7-12/h8H,3-7,11H2,1-2H3,(H,13,14). The summed E-state index contributed by atoms with van der Waals surface area (Å²) in [5.74, 6) is -0.824. The molecule has 1 fully saturated rings. The molecular formula is C10H20N2O2. The Labute approximate surface area is 85.1 Å². The number of aliphatic carboxylic acids is 1. The van der Waals surface area contributed by atoms with E-state index >= 15 is 0 Å². The summed E-state index contributed by atoms with van der Waals surface area (Å²) < 4.78 is 0. The summed E-state index contributed by atoms with van der Waals surface area (Å²) in [6.07, 6.45) is 3.11. The molecule has 82 valence electrons. The predicted octanol–water partition coefficient (Wildman–Crippen LogP) is 0.868. The summed E-state index contributed by atoms with van der Waals surface area (Å²) in [7, 11) is 0. The van der Waals surface area contributed by atoms with Crippen LogP contribution in [0.25, 0.3) is 0 Å². The number of nitrogens with two attached hydrogens (primary N) is 1. The predicted molar refractivity (Wildman–Crippen MR) is 54.8 cm³/mol. The first-order valence-electron chi connectivity index (χ1n) is 5.19. The van der Waals surface area contributed by atoms with Crippen molar-refractivity contribution < 1.29 is 9.90 Å². The van der Waals surface area contributed by atoms with Gasteiger partial charge in [0, 0.05) is 0 Å². The van der Waals surface area contributed by atoms with Gasteiger partial charge in [-0.3, -0.25) is 9.69 Å². The van der Waals surface area contributed by atoms with Crippen molar-refractivity contribution in [2.75, 3.05) is 13.1 Å². The van der Waals surface area contributed by atoms with E-state index in [0.29, 0.717) is 0 Å². The topological polar surface area (TPSA) is 66.6 Å². The number of carbonyl (C=O) groups is 1. The van der Waals surface area contributed by atoms with Gasteiger partial charge in [0.2, 0.25) is 0 Å².